The molecule has 1 fully saturated rings. The van der Waals surface area contributed by atoms with Gasteiger partial charge < -0.3 is 10.4 Å². The number of benzene rings is 1. The average Bonchev–Trinajstić information content (AvgIpc) is 2.25. The third kappa shape index (κ3) is 2.95. The van der Waals surface area contributed by atoms with Crippen LogP contribution in [0.2, 0.25) is 0 Å². The molecule has 1 aromatic carbocycles. The molecule has 0 aliphatic heterocycles. The molecule has 1 aromatic rings. The normalized spacial score (nSPS) is 22.7. The van der Waals surface area contributed by atoms with Crippen molar-refractivity contribution < 1.29 is 23.2 Å². The van der Waals surface area contributed by atoms with Gasteiger partial charge in [0.2, 0.25) is 0 Å². The highest BCUT2D eigenvalue weighted by molar-refractivity contribution is 5.55. The van der Waals surface area contributed by atoms with Gasteiger partial charge in [0.25, 0.3) is 5.69 Å². The summed E-state index contributed by atoms with van der Waals surface area (Å²) in [4.78, 5) is 9.51. The Morgan fingerprint density at radius 3 is 2.47 bits per heavy atom. The highest BCUT2D eigenvalue weighted by Crippen LogP contribution is 2.38. The molecule has 1 aliphatic carbocycles. The number of hydrogen-bond acceptors (Lipinski definition) is 4. The van der Waals surface area contributed by atoms with Gasteiger partial charge in [-0.15, -0.1) is 0 Å². The van der Waals surface area contributed by atoms with Crippen LogP contribution in [0.3, 0.4) is 0 Å². The third-order valence-electron chi connectivity index (χ3n) is 2.98. The number of nitro groups is 1. The molecule has 0 aromatic heterocycles. The van der Waals surface area contributed by atoms with E-state index in [4.69, 9.17) is 5.11 Å². The van der Waals surface area contributed by atoms with Crippen molar-refractivity contribution >= 4 is 11.4 Å². The Morgan fingerprint density at radius 2 is 2.00 bits per heavy atom. The fourth-order valence-electron chi connectivity index (χ4n) is 1.95. The fourth-order valence-corrected chi connectivity index (χ4v) is 1.95. The third-order valence-corrected chi connectivity index (χ3v) is 2.98. The molecule has 0 spiro atoms. The zero-order chi connectivity index (χ0) is 14.2. The lowest BCUT2D eigenvalue weighted by molar-refractivity contribution is -0.388. The van der Waals surface area contributed by atoms with Crippen LogP contribution in [0.25, 0.3) is 0 Å². The van der Waals surface area contributed by atoms with Crippen molar-refractivity contribution in [3.63, 3.8) is 0 Å². The van der Waals surface area contributed by atoms with Crippen molar-refractivity contribution in [3.05, 3.63) is 33.9 Å². The summed E-state index contributed by atoms with van der Waals surface area (Å²) in [7, 11) is 0. The van der Waals surface area contributed by atoms with Gasteiger partial charge in [0.15, 0.2) is 0 Å². The van der Waals surface area contributed by atoms with Crippen LogP contribution in [0.15, 0.2) is 18.2 Å². The number of nitrogens with zero attached hydrogens (tertiary/aromatic N) is 1. The van der Waals surface area contributed by atoms with Gasteiger partial charge in [-0.2, -0.15) is 13.2 Å². The van der Waals surface area contributed by atoms with Gasteiger partial charge in [-0.3, -0.25) is 10.1 Å². The maximum absolute atomic E-state index is 12.7. The van der Waals surface area contributed by atoms with Crippen LogP contribution in [0.4, 0.5) is 24.5 Å². The Morgan fingerprint density at radius 1 is 1.37 bits per heavy atom. The average molecular weight is 276 g/mol. The van der Waals surface area contributed by atoms with Crippen molar-refractivity contribution in [3.8, 4) is 0 Å². The molecule has 0 radical (unpaired) electrons. The van der Waals surface area contributed by atoms with E-state index in [1.165, 1.54) is 6.07 Å². The monoisotopic (exact) mass is 276 g/mol. The predicted octanol–water partition coefficient (Wildman–Crippen LogP) is 2.55. The molecule has 1 aliphatic rings. The molecule has 0 atom stereocenters. The van der Waals surface area contributed by atoms with Gasteiger partial charge in [0.1, 0.15) is 5.56 Å². The minimum Gasteiger partial charge on any atom is -0.393 e. The van der Waals surface area contributed by atoms with Crippen molar-refractivity contribution in [2.24, 2.45) is 0 Å². The number of aliphatic hydroxyl groups is 1. The molecule has 2 rings (SSSR count). The molecular formula is C11H11F3N2O3. The standard InChI is InChI=1S/C11H11F3N2O3/c12-11(13,14)9-5-6(1-2-10(9)16(18)19)15-7-3-8(17)4-7/h1-2,5,7-8,15,17H,3-4H2. The Bertz CT molecular complexity index is 498. The molecule has 5 nitrogen and oxygen atoms in total. The molecule has 0 saturated heterocycles. The Kier molecular flexibility index (Phi) is 3.36. The summed E-state index contributed by atoms with van der Waals surface area (Å²) in [6.45, 7) is 0. The molecule has 104 valence electrons. The van der Waals surface area contributed by atoms with Crippen LogP contribution < -0.4 is 5.32 Å². The maximum Gasteiger partial charge on any atom is 0.423 e. The van der Waals surface area contributed by atoms with Crippen LogP contribution in [0.5, 0.6) is 0 Å². The summed E-state index contributed by atoms with van der Waals surface area (Å²) in [5.41, 5.74) is -2.08. The topological polar surface area (TPSA) is 75.4 Å². The van der Waals surface area contributed by atoms with Crippen LogP contribution in [-0.2, 0) is 6.18 Å². The van der Waals surface area contributed by atoms with Crippen molar-refractivity contribution in [1.29, 1.82) is 0 Å². The van der Waals surface area contributed by atoms with Gasteiger partial charge in [0.05, 0.1) is 11.0 Å². The van der Waals surface area contributed by atoms with E-state index >= 15 is 0 Å². The van der Waals surface area contributed by atoms with Gasteiger partial charge in [-0.05, 0) is 25.0 Å². The number of alkyl halides is 3. The summed E-state index contributed by atoms with van der Waals surface area (Å²) in [5.74, 6) is 0. The first-order valence-electron chi connectivity index (χ1n) is 5.57. The minimum absolute atomic E-state index is 0.0995. The van der Waals surface area contributed by atoms with E-state index < -0.39 is 28.5 Å². The number of aliphatic hydroxyl groups excluding tert-OH is 1. The Labute approximate surface area is 106 Å². The van der Waals surface area contributed by atoms with E-state index in [1.807, 2.05) is 0 Å². The van der Waals surface area contributed by atoms with Crippen LogP contribution >= 0.6 is 0 Å². The number of nitrogens with one attached hydrogen (secondary N) is 1. The lowest BCUT2D eigenvalue weighted by atomic mass is 9.89. The molecule has 0 bridgehead atoms. The first kappa shape index (κ1) is 13.6. The van der Waals surface area contributed by atoms with E-state index in [0.717, 1.165) is 12.1 Å². The van der Waals surface area contributed by atoms with Crippen LogP contribution in [-0.4, -0.2) is 22.2 Å². The van der Waals surface area contributed by atoms with Crippen molar-refractivity contribution in [2.75, 3.05) is 5.32 Å². The maximum atomic E-state index is 12.7. The number of nitro benzene ring substituents is 1. The van der Waals surface area contributed by atoms with E-state index in [2.05, 4.69) is 5.32 Å². The van der Waals surface area contributed by atoms with E-state index in [0.29, 0.717) is 12.8 Å². The quantitative estimate of drug-likeness (QED) is 0.657. The molecule has 0 unspecified atom stereocenters. The molecule has 19 heavy (non-hydrogen) atoms. The van der Waals surface area contributed by atoms with Crippen LogP contribution in [0.1, 0.15) is 18.4 Å². The molecule has 8 heteroatoms. The summed E-state index contributed by atoms with van der Waals surface area (Å²) in [6, 6.07) is 2.69. The molecule has 1 saturated carbocycles. The van der Waals surface area contributed by atoms with Gasteiger partial charge in [-0.25, -0.2) is 0 Å². The summed E-state index contributed by atoms with van der Waals surface area (Å²) >= 11 is 0. The molecular weight excluding hydrogens is 265 g/mol. The number of hydrogen-bond donors (Lipinski definition) is 2. The van der Waals surface area contributed by atoms with E-state index in [-0.39, 0.29) is 11.7 Å². The number of anilines is 1. The minimum atomic E-state index is -4.78. The highest BCUT2D eigenvalue weighted by Gasteiger charge is 2.38. The second kappa shape index (κ2) is 4.69. The van der Waals surface area contributed by atoms with Crippen molar-refractivity contribution in [2.45, 2.75) is 31.2 Å². The van der Waals surface area contributed by atoms with Gasteiger partial charge in [0, 0.05) is 17.8 Å². The van der Waals surface area contributed by atoms with Crippen molar-refractivity contribution in [1.82, 2.24) is 0 Å². The predicted molar refractivity (Wildman–Crippen MR) is 60.7 cm³/mol. The van der Waals surface area contributed by atoms with Gasteiger partial charge >= 0.3 is 6.18 Å². The first-order chi connectivity index (χ1) is 8.77. The highest BCUT2D eigenvalue weighted by atomic mass is 19.4. The zero-order valence-electron chi connectivity index (χ0n) is 9.65. The molecule has 0 amide bonds. The number of rotatable bonds is 3. The smallest absolute Gasteiger partial charge is 0.393 e. The summed E-state index contributed by atoms with van der Waals surface area (Å²) in [6.07, 6.45) is -4.30. The number of halogens is 3. The first-order valence-corrected chi connectivity index (χ1v) is 5.57. The second-order valence-corrected chi connectivity index (χ2v) is 4.45. The Balaban J connectivity index is 2.25. The summed E-state index contributed by atoms with van der Waals surface area (Å²) in [5, 5.41) is 22.5. The molecule has 2 N–H and O–H groups in total. The van der Waals surface area contributed by atoms with E-state index in [1.54, 1.807) is 0 Å². The zero-order valence-corrected chi connectivity index (χ0v) is 9.65. The lowest BCUT2D eigenvalue weighted by Gasteiger charge is -2.32. The summed E-state index contributed by atoms with van der Waals surface area (Å²) < 4.78 is 38.1. The van der Waals surface area contributed by atoms with Gasteiger partial charge in [-0.1, -0.05) is 0 Å². The molecule has 0 heterocycles. The second-order valence-electron chi connectivity index (χ2n) is 4.45. The SMILES string of the molecule is O=[N+]([O-])c1ccc(NC2CC(O)C2)cc1C(F)(F)F. The largest absolute Gasteiger partial charge is 0.423 e. The lowest BCUT2D eigenvalue weighted by Crippen LogP contribution is -2.38. The van der Waals surface area contributed by atoms with Crippen LogP contribution in [0, 0.1) is 10.1 Å². The fraction of sp³-hybridized carbons (Fsp3) is 0.455. The van der Waals surface area contributed by atoms with E-state index in [9.17, 15) is 23.3 Å². The Hall–Kier alpha value is -1.83.